The third-order valence-electron chi connectivity index (χ3n) is 3.46. The number of hydrogen-bond acceptors (Lipinski definition) is 4. The van der Waals surface area contributed by atoms with E-state index in [2.05, 4.69) is 20.8 Å². The molecule has 6 nitrogen and oxygen atoms in total. The number of anilines is 1. The lowest BCUT2D eigenvalue weighted by atomic mass is 10.2. The number of carbonyl (C=O) groups is 1. The van der Waals surface area contributed by atoms with Gasteiger partial charge in [0.1, 0.15) is 5.69 Å². The molecule has 0 aliphatic heterocycles. The zero-order valence-corrected chi connectivity index (χ0v) is 15.8. The van der Waals surface area contributed by atoms with Crippen molar-refractivity contribution in [3.8, 4) is 5.82 Å². The van der Waals surface area contributed by atoms with Crippen molar-refractivity contribution in [3.05, 3.63) is 69.2 Å². The van der Waals surface area contributed by atoms with Crippen LogP contribution >= 0.6 is 34.8 Å². The van der Waals surface area contributed by atoms with Crippen LogP contribution in [0, 0.1) is 0 Å². The molecule has 3 aromatic rings. The zero-order chi connectivity index (χ0) is 20.5. The molecule has 0 saturated heterocycles. The monoisotopic (exact) mass is 449 g/mol. The number of carbonyl (C=O) groups excluding carboxylic acids is 1. The molecule has 0 spiro atoms. The van der Waals surface area contributed by atoms with Crippen molar-refractivity contribution < 1.29 is 18.0 Å². The minimum absolute atomic E-state index is 0.0348. The summed E-state index contributed by atoms with van der Waals surface area (Å²) in [7, 11) is 0. The van der Waals surface area contributed by atoms with Crippen molar-refractivity contribution >= 4 is 46.5 Å². The SMILES string of the molecule is O=C(NNc1ncc(Cl)cc1Cl)c1cccn1-c1ncc(C(F)(F)F)cc1Cl. The quantitative estimate of drug-likeness (QED) is 0.549. The van der Waals surface area contributed by atoms with Gasteiger partial charge >= 0.3 is 6.18 Å². The second kappa shape index (κ2) is 7.86. The van der Waals surface area contributed by atoms with E-state index < -0.39 is 17.6 Å². The van der Waals surface area contributed by atoms with E-state index in [0.717, 1.165) is 6.07 Å². The molecule has 3 rings (SSSR count). The highest BCUT2D eigenvalue weighted by molar-refractivity contribution is 6.36. The largest absolute Gasteiger partial charge is 0.417 e. The van der Waals surface area contributed by atoms with Crippen LogP contribution in [0.15, 0.2) is 42.9 Å². The topological polar surface area (TPSA) is 71.8 Å². The number of alkyl halides is 3. The number of rotatable bonds is 4. The molecule has 0 radical (unpaired) electrons. The number of nitrogens with one attached hydrogen (secondary N) is 2. The van der Waals surface area contributed by atoms with E-state index in [9.17, 15) is 18.0 Å². The Morgan fingerprint density at radius 2 is 1.82 bits per heavy atom. The molecular formula is C16H9Cl3F3N5O. The van der Waals surface area contributed by atoms with Gasteiger partial charge in [-0.15, -0.1) is 0 Å². The van der Waals surface area contributed by atoms with Gasteiger partial charge in [0, 0.05) is 18.6 Å². The fourth-order valence-corrected chi connectivity index (χ4v) is 2.88. The number of pyridine rings is 2. The van der Waals surface area contributed by atoms with Gasteiger partial charge in [-0.2, -0.15) is 13.2 Å². The first-order valence-electron chi connectivity index (χ1n) is 7.44. The minimum atomic E-state index is -4.58. The minimum Gasteiger partial charge on any atom is -0.295 e. The van der Waals surface area contributed by atoms with Crippen LogP contribution in [0.25, 0.3) is 5.82 Å². The Morgan fingerprint density at radius 1 is 1.07 bits per heavy atom. The fourth-order valence-electron chi connectivity index (χ4n) is 2.20. The molecule has 0 aliphatic carbocycles. The predicted octanol–water partition coefficient (Wildman–Crippen LogP) is 5.00. The van der Waals surface area contributed by atoms with E-state index in [4.69, 9.17) is 34.8 Å². The van der Waals surface area contributed by atoms with Crippen molar-refractivity contribution in [1.29, 1.82) is 0 Å². The van der Waals surface area contributed by atoms with Crippen LogP contribution in [0.3, 0.4) is 0 Å². The maximum atomic E-state index is 12.8. The van der Waals surface area contributed by atoms with Gasteiger partial charge in [-0.3, -0.25) is 20.2 Å². The molecule has 0 fully saturated rings. The lowest BCUT2D eigenvalue weighted by Crippen LogP contribution is -2.31. The van der Waals surface area contributed by atoms with E-state index in [-0.39, 0.29) is 27.4 Å². The predicted molar refractivity (Wildman–Crippen MR) is 98.9 cm³/mol. The normalized spacial score (nSPS) is 11.4. The summed E-state index contributed by atoms with van der Waals surface area (Å²) in [6.07, 6.45) is -1.18. The maximum Gasteiger partial charge on any atom is 0.417 e. The van der Waals surface area contributed by atoms with E-state index in [1.807, 2.05) is 0 Å². The Bertz CT molecular complexity index is 1040. The van der Waals surface area contributed by atoms with Crippen LogP contribution in [-0.2, 0) is 6.18 Å². The zero-order valence-electron chi connectivity index (χ0n) is 13.6. The summed E-state index contributed by atoms with van der Waals surface area (Å²) in [4.78, 5) is 20.1. The lowest BCUT2D eigenvalue weighted by molar-refractivity contribution is -0.137. The average molecular weight is 451 g/mol. The standard InChI is InChI=1S/C16H9Cl3F3N5O/c17-9-5-10(18)13(23-7-9)25-26-15(28)12-2-1-3-27(12)14-11(19)4-8(6-24-14)16(20,21)22/h1-7H,(H,23,25)(H,26,28). The first-order valence-corrected chi connectivity index (χ1v) is 8.58. The Balaban J connectivity index is 1.82. The van der Waals surface area contributed by atoms with E-state index in [0.29, 0.717) is 11.2 Å². The van der Waals surface area contributed by atoms with Gasteiger partial charge in [0.2, 0.25) is 0 Å². The molecule has 0 bridgehead atoms. The third-order valence-corrected chi connectivity index (χ3v) is 4.23. The summed E-state index contributed by atoms with van der Waals surface area (Å²) in [5.74, 6) is -0.508. The fraction of sp³-hybridized carbons (Fsp3) is 0.0625. The van der Waals surface area contributed by atoms with Crippen molar-refractivity contribution in [1.82, 2.24) is 20.0 Å². The molecule has 146 valence electrons. The highest BCUT2D eigenvalue weighted by Gasteiger charge is 2.32. The Labute approximate surface area is 171 Å². The molecule has 28 heavy (non-hydrogen) atoms. The Hall–Kier alpha value is -2.49. The first-order chi connectivity index (χ1) is 13.2. The molecule has 0 saturated carbocycles. The van der Waals surface area contributed by atoms with Crippen molar-refractivity contribution in [2.45, 2.75) is 6.18 Å². The van der Waals surface area contributed by atoms with Crippen LogP contribution in [0.1, 0.15) is 16.1 Å². The van der Waals surface area contributed by atoms with Gasteiger partial charge in [-0.25, -0.2) is 9.97 Å². The summed E-state index contributed by atoms with van der Waals surface area (Å²) in [6.45, 7) is 0. The molecule has 12 heteroatoms. The highest BCUT2D eigenvalue weighted by Crippen LogP contribution is 2.32. The van der Waals surface area contributed by atoms with Crippen LogP contribution in [-0.4, -0.2) is 20.4 Å². The summed E-state index contributed by atoms with van der Waals surface area (Å²) < 4.78 is 39.5. The van der Waals surface area contributed by atoms with E-state index in [1.165, 1.54) is 35.2 Å². The van der Waals surface area contributed by atoms with Gasteiger partial charge in [0.15, 0.2) is 11.6 Å². The van der Waals surface area contributed by atoms with E-state index in [1.54, 1.807) is 0 Å². The molecule has 3 heterocycles. The Morgan fingerprint density at radius 3 is 2.46 bits per heavy atom. The molecule has 0 aromatic carbocycles. The van der Waals surface area contributed by atoms with Gasteiger partial charge in [-0.1, -0.05) is 34.8 Å². The number of amides is 1. The van der Waals surface area contributed by atoms with Gasteiger partial charge in [0.25, 0.3) is 5.91 Å². The maximum absolute atomic E-state index is 12.8. The van der Waals surface area contributed by atoms with Crippen molar-refractivity contribution in [2.24, 2.45) is 0 Å². The van der Waals surface area contributed by atoms with Gasteiger partial charge in [-0.05, 0) is 24.3 Å². The number of aromatic nitrogens is 3. The summed E-state index contributed by atoms with van der Waals surface area (Å²) >= 11 is 17.6. The van der Waals surface area contributed by atoms with Gasteiger partial charge < -0.3 is 0 Å². The second-order valence-electron chi connectivity index (χ2n) is 5.35. The third kappa shape index (κ3) is 4.32. The van der Waals surface area contributed by atoms with E-state index >= 15 is 0 Å². The van der Waals surface area contributed by atoms with Gasteiger partial charge in [0.05, 0.1) is 20.6 Å². The molecule has 3 aromatic heterocycles. The summed E-state index contributed by atoms with van der Waals surface area (Å²) in [5.41, 5.74) is 3.98. The van der Waals surface area contributed by atoms with Crippen LogP contribution in [0.5, 0.6) is 0 Å². The van der Waals surface area contributed by atoms with Crippen molar-refractivity contribution in [2.75, 3.05) is 5.43 Å². The number of hydrogen-bond donors (Lipinski definition) is 2. The van der Waals surface area contributed by atoms with Crippen LogP contribution in [0.2, 0.25) is 15.1 Å². The summed E-state index contributed by atoms with van der Waals surface area (Å²) in [5, 5.41) is 0.227. The van der Waals surface area contributed by atoms with Crippen molar-refractivity contribution in [3.63, 3.8) is 0 Å². The van der Waals surface area contributed by atoms with Crippen LogP contribution in [0.4, 0.5) is 19.0 Å². The molecule has 2 N–H and O–H groups in total. The number of hydrazine groups is 1. The molecule has 1 amide bonds. The smallest absolute Gasteiger partial charge is 0.295 e. The molecular weight excluding hydrogens is 442 g/mol. The summed E-state index contributed by atoms with van der Waals surface area (Å²) in [6, 6.07) is 5.11. The number of nitrogens with zero attached hydrogens (tertiary/aromatic N) is 3. The Kier molecular flexibility index (Phi) is 5.69. The van der Waals surface area contributed by atoms with Crippen LogP contribution < -0.4 is 10.9 Å². The lowest BCUT2D eigenvalue weighted by Gasteiger charge is -2.13. The highest BCUT2D eigenvalue weighted by atomic mass is 35.5. The molecule has 0 unspecified atom stereocenters. The first kappa shape index (κ1) is 20.2. The second-order valence-corrected chi connectivity index (χ2v) is 6.60. The molecule has 0 atom stereocenters. The number of halogens is 6. The average Bonchev–Trinajstić information content (AvgIpc) is 3.09. The molecule has 0 aliphatic rings.